The Morgan fingerprint density at radius 3 is 2.39 bits per heavy atom. The Kier molecular flexibility index (Phi) is 6.17. The van der Waals surface area contributed by atoms with Crippen LogP contribution in [-0.2, 0) is 4.79 Å². The summed E-state index contributed by atoms with van der Waals surface area (Å²) in [5.74, 6) is -0.292. The van der Waals surface area contributed by atoms with Gasteiger partial charge in [0.15, 0.2) is 0 Å². The lowest BCUT2D eigenvalue weighted by atomic mass is 10.1. The van der Waals surface area contributed by atoms with Crippen molar-refractivity contribution < 1.29 is 9.59 Å². The summed E-state index contributed by atoms with van der Waals surface area (Å²) in [7, 11) is 0. The zero-order valence-electron chi connectivity index (χ0n) is 12.7. The third-order valence-electron chi connectivity index (χ3n) is 3.20. The van der Waals surface area contributed by atoms with Crippen LogP contribution in [0, 0.1) is 0 Å². The molecule has 6 heteroatoms. The number of rotatable bonds is 5. The summed E-state index contributed by atoms with van der Waals surface area (Å²) in [6.07, 6.45) is 0. The van der Waals surface area contributed by atoms with Gasteiger partial charge in [-0.25, -0.2) is 4.79 Å². The van der Waals surface area contributed by atoms with Crippen LogP contribution in [0.5, 0.6) is 0 Å². The van der Waals surface area contributed by atoms with Crippen molar-refractivity contribution in [1.29, 1.82) is 0 Å². The Bertz CT molecular complexity index is 677. The van der Waals surface area contributed by atoms with E-state index < -0.39 is 0 Å². The van der Waals surface area contributed by atoms with Crippen molar-refractivity contribution >= 4 is 33.6 Å². The van der Waals surface area contributed by atoms with Crippen LogP contribution in [-0.4, -0.2) is 18.5 Å². The van der Waals surface area contributed by atoms with Crippen LogP contribution in [0.15, 0.2) is 59.1 Å². The van der Waals surface area contributed by atoms with Crippen LogP contribution in [0.25, 0.3) is 0 Å². The number of halogens is 1. The Balaban J connectivity index is 1.78. The summed E-state index contributed by atoms with van der Waals surface area (Å²) in [4.78, 5) is 23.7. The fourth-order valence-corrected chi connectivity index (χ4v) is 2.37. The smallest absolute Gasteiger partial charge is 0.315 e. The van der Waals surface area contributed by atoms with Gasteiger partial charge in [-0.15, -0.1) is 0 Å². The first-order valence-electron chi connectivity index (χ1n) is 7.20. The van der Waals surface area contributed by atoms with Crippen LogP contribution in [0.1, 0.15) is 18.5 Å². The van der Waals surface area contributed by atoms with Crippen molar-refractivity contribution in [3.05, 3.63) is 64.6 Å². The summed E-state index contributed by atoms with van der Waals surface area (Å²) < 4.78 is 0.788. The lowest BCUT2D eigenvalue weighted by Gasteiger charge is -2.15. The Hall–Kier alpha value is -2.34. The van der Waals surface area contributed by atoms with Gasteiger partial charge in [-0.1, -0.05) is 42.5 Å². The van der Waals surface area contributed by atoms with E-state index in [-0.39, 0.29) is 24.5 Å². The van der Waals surface area contributed by atoms with Gasteiger partial charge in [0, 0.05) is 4.47 Å². The van der Waals surface area contributed by atoms with Gasteiger partial charge in [0.2, 0.25) is 5.91 Å². The van der Waals surface area contributed by atoms with Crippen LogP contribution in [0.3, 0.4) is 0 Å². The molecular weight excluding hydrogens is 358 g/mol. The van der Waals surface area contributed by atoms with E-state index in [1.807, 2.05) is 55.5 Å². The molecule has 1 unspecified atom stereocenters. The summed E-state index contributed by atoms with van der Waals surface area (Å²) >= 11 is 3.35. The van der Waals surface area contributed by atoms with Gasteiger partial charge in [0.25, 0.3) is 0 Å². The highest BCUT2D eigenvalue weighted by Crippen LogP contribution is 2.20. The number of hydrogen-bond acceptors (Lipinski definition) is 2. The van der Waals surface area contributed by atoms with Gasteiger partial charge in [0.05, 0.1) is 18.3 Å². The van der Waals surface area contributed by atoms with Gasteiger partial charge < -0.3 is 16.0 Å². The first-order chi connectivity index (χ1) is 11.1. The van der Waals surface area contributed by atoms with Crippen molar-refractivity contribution in [2.75, 3.05) is 11.9 Å². The normalized spacial score (nSPS) is 11.4. The van der Waals surface area contributed by atoms with E-state index in [0.717, 1.165) is 10.0 Å². The maximum absolute atomic E-state index is 11.9. The molecule has 0 aliphatic carbocycles. The van der Waals surface area contributed by atoms with Crippen molar-refractivity contribution in [3.8, 4) is 0 Å². The molecule has 0 fully saturated rings. The maximum Gasteiger partial charge on any atom is 0.315 e. The Morgan fingerprint density at radius 1 is 1.04 bits per heavy atom. The molecule has 2 aromatic carbocycles. The molecule has 120 valence electrons. The summed E-state index contributed by atoms with van der Waals surface area (Å²) in [5.41, 5.74) is 1.66. The molecule has 0 heterocycles. The monoisotopic (exact) mass is 375 g/mol. The predicted molar refractivity (Wildman–Crippen MR) is 94.2 cm³/mol. The number of para-hydroxylation sites is 1. The van der Waals surface area contributed by atoms with Crippen molar-refractivity contribution in [1.82, 2.24) is 10.6 Å². The first kappa shape index (κ1) is 17.0. The summed E-state index contributed by atoms with van der Waals surface area (Å²) in [6, 6.07) is 16.4. The molecule has 0 bridgehead atoms. The molecule has 0 aliphatic rings. The Labute approximate surface area is 143 Å². The number of benzene rings is 2. The number of amides is 3. The second-order valence-corrected chi connectivity index (χ2v) is 5.84. The molecule has 0 spiro atoms. The lowest BCUT2D eigenvalue weighted by molar-refractivity contribution is -0.115. The van der Waals surface area contributed by atoms with Crippen LogP contribution >= 0.6 is 15.9 Å². The highest BCUT2D eigenvalue weighted by Gasteiger charge is 2.10. The lowest BCUT2D eigenvalue weighted by Crippen LogP contribution is -2.41. The number of carbonyl (C=O) groups excluding carboxylic acids is 2. The zero-order chi connectivity index (χ0) is 16.7. The fourth-order valence-electron chi connectivity index (χ4n) is 1.99. The van der Waals surface area contributed by atoms with Crippen molar-refractivity contribution in [2.45, 2.75) is 13.0 Å². The minimum absolute atomic E-state index is 0.103. The fraction of sp³-hybridized carbons (Fsp3) is 0.176. The second-order valence-electron chi connectivity index (χ2n) is 4.99. The van der Waals surface area contributed by atoms with Gasteiger partial charge in [0.1, 0.15) is 0 Å². The van der Waals surface area contributed by atoms with Gasteiger partial charge in [-0.05, 0) is 40.5 Å². The molecular formula is C17H18BrN3O2. The maximum atomic E-state index is 11.9. The standard InChI is InChI=1S/C17H18BrN3O2/c1-12(13-7-3-2-4-8-13)20-17(23)19-11-16(22)21-15-10-6-5-9-14(15)18/h2-10,12H,11H2,1H3,(H,21,22)(H2,19,20,23). The van der Waals surface area contributed by atoms with Crippen LogP contribution < -0.4 is 16.0 Å². The number of hydrogen-bond donors (Lipinski definition) is 3. The molecule has 0 aromatic heterocycles. The van der Waals surface area contributed by atoms with E-state index in [0.29, 0.717) is 5.69 Å². The molecule has 2 rings (SSSR count). The SMILES string of the molecule is CC(NC(=O)NCC(=O)Nc1ccccc1Br)c1ccccc1. The van der Waals surface area contributed by atoms with E-state index in [1.165, 1.54) is 0 Å². The third kappa shape index (κ3) is 5.41. The summed E-state index contributed by atoms with van der Waals surface area (Å²) in [6.45, 7) is 1.78. The molecule has 0 saturated heterocycles. The van der Waals surface area contributed by atoms with Crippen molar-refractivity contribution in [2.24, 2.45) is 0 Å². The average molecular weight is 376 g/mol. The van der Waals surface area contributed by atoms with Crippen LogP contribution in [0.4, 0.5) is 10.5 Å². The predicted octanol–water partition coefficient (Wildman–Crippen LogP) is 3.45. The van der Waals surface area contributed by atoms with Gasteiger partial charge in [-0.3, -0.25) is 4.79 Å². The minimum atomic E-state index is -0.386. The number of anilines is 1. The molecule has 0 radical (unpaired) electrons. The van der Waals surface area contributed by atoms with Gasteiger partial charge in [-0.2, -0.15) is 0 Å². The molecule has 3 N–H and O–H groups in total. The number of carbonyl (C=O) groups is 2. The van der Waals surface area contributed by atoms with E-state index >= 15 is 0 Å². The van der Waals surface area contributed by atoms with Crippen molar-refractivity contribution in [3.63, 3.8) is 0 Å². The molecule has 0 saturated carbocycles. The largest absolute Gasteiger partial charge is 0.332 e. The van der Waals surface area contributed by atoms with E-state index in [4.69, 9.17) is 0 Å². The van der Waals surface area contributed by atoms with E-state index in [9.17, 15) is 9.59 Å². The topological polar surface area (TPSA) is 70.2 Å². The summed E-state index contributed by atoms with van der Waals surface area (Å²) in [5, 5.41) is 8.06. The molecule has 5 nitrogen and oxygen atoms in total. The molecule has 23 heavy (non-hydrogen) atoms. The first-order valence-corrected chi connectivity index (χ1v) is 7.99. The molecule has 2 aromatic rings. The molecule has 1 atom stereocenters. The molecule has 3 amide bonds. The number of urea groups is 1. The zero-order valence-corrected chi connectivity index (χ0v) is 14.3. The average Bonchev–Trinajstić information content (AvgIpc) is 2.56. The number of nitrogens with one attached hydrogen (secondary N) is 3. The second kappa shape index (κ2) is 8.33. The van der Waals surface area contributed by atoms with Gasteiger partial charge >= 0.3 is 6.03 Å². The van der Waals surface area contributed by atoms with E-state index in [2.05, 4.69) is 31.9 Å². The Morgan fingerprint density at radius 2 is 1.70 bits per heavy atom. The highest BCUT2D eigenvalue weighted by molar-refractivity contribution is 9.10. The minimum Gasteiger partial charge on any atom is -0.332 e. The van der Waals surface area contributed by atoms with Crippen LogP contribution in [0.2, 0.25) is 0 Å². The quantitative estimate of drug-likeness (QED) is 0.748. The van der Waals surface area contributed by atoms with E-state index in [1.54, 1.807) is 6.07 Å². The molecule has 0 aliphatic heterocycles. The third-order valence-corrected chi connectivity index (χ3v) is 3.90. The highest BCUT2D eigenvalue weighted by atomic mass is 79.9.